The van der Waals surface area contributed by atoms with Crippen LogP contribution in [0.15, 0.2) is 24.3 Å². The molecule has 0 atom stereocenters. The molecule has 2 aromatic rings. The molecule has 0 aliphatic carbocycles. The minimum Gasteiger partial charge on any atom is -0.478 e. The number of fused-ring (bicyclic) bond motifs is 1. The zero-order valence-electron chi connectivity index (χ0n) is 7.37. The van der Waals surface area contributed by atoms with Gasteiger partial charge >= 0.3 is 5.97 Å². The van der Waals surface area contributed by atoms with Gasteiger partial charge in [0.1, 0.15) is 11.0 Å². The van der Waals surface area contributed by atoms with Crippen molar-refractivity contribution in [1.82, 2.24) is 4.98 Å². The van der Waals surface area contributed by atoms with Gasteiger partial charge in [-0.2, -0.15) is 0 Å². The summed E-state index contributed by atoms with van der Waals surface area (Å²) < 4.78 is 12.9. The molecule has 0 saturated carbocycles. The number of hydrogen-bond donors (Lipinski definition) is 1. The van der Waals surface area contributed by atoms with Crippen LogP contribution < -0.4 is 0 Å². The van der Waals surface area contributed by atoms with Crippen molar-refractivity contribution in [2.45, 2.75) is 0 Å². The molecule has 1 heterocycles. The summed E-state index contributed by atoms with van der Waals surface area (Å²) in [4.78, 5) is 14.6. The first-order chi connectivity index (χ1) is 7.08. The Kier molecular flexibility index (Phi) is 2.28. The van der Waals surface area contributed by atoms with E-state index < -0.39 is 11.8 Å². The maximum absolute atomic E-state index is 12.9. The lowest BCUT2D eigenvalue weighted by molar-refractivity contribution is 0.0697. The molecular formula is C10H5ClFNO2. The molecule has 15 heavy (non-hydrogen) atoms. The second kappa shape index (κ2) is 3.47. The Morgan fingerprint density at radius 3 is 2.80 bits per heavy atom. The van der Waals surface area contributed by atoms with Crippen molar-refractivity contribution in [1.29, 1.82) is 0 Å². The molecule has 0 spiro atoms. The van der Waals surface area contributed by atoms with Gasteiger partial charge in [0.15, 0.2) is 0 Å². The molecule has 76 valence electrons. The summed E-state index contributed by atoms with van der Waals surface area (Å²) in [5.41, 5.74) is 0.334. The van der Waals surface area contributed by atoms with Gasteiger partial charge in [0.2, 0.25) is 0 Å². The van der Waals surface area contributed by atoms with Crippen LogP contribution in [0, 0.1) is 5.82 Å². The van der Waals surface area contributed by atoms with Crippen LogP contribution in [0.3, 0.4) is 0 Å². The van der Waals surface area contributed by atoms with Crippen molar-refractivity contribution in [2.24, 2.45) is 0 Å². The minimum absolute atomic E-state index is 0.0957. The van der Waals surface area contributed by atoms with E-state index in [1.165, 1.54) is 24.3 Å². The molecule has 1 aromatic carbocycles. The first-order valence-electron chi connectivity index (χ1n) is 4.07. The molecule has 0 bridgehead atoms. The Morgan fingerprint density at radius 2 is 2.13 bits per heavy atom. The van der Waals surface area contributed by atoms with Crippen molar-refractivity contribution in [2.75, 3.05) is 0 Å². The van der Waals surface area contributed by atoms with Crippen LogP contribution in [0.1, 0.15) is 10.4 Å². The summed E-state index contributed by atoms with van der Waals surface area (Å²) in [6.45, 7) is 0. The Labute approximate surface area is 89.1 Å². The quantitative estimate of drug-likeness (QED) is 0.760. The van der Waals surface area contributed by atoms with E-state index in [2.05, 4.69) is 4.98 Å². The van der Waals surface area contributed by atoms with Gasteiger partial charge in [0.25, 0.3) is 0 Å². The average Bonchev–Trinajstić information content (AvgIpc) is 2.17. The standard InChI is InChI=1S/C10H5ClFNO2/c11-9-7(10(14)15)4-5-3-6(12)1-2-8(5)13-9/h1-4H,(H,14,15). The molecule has 3 nitrogen and oxygen atoms in total. The van der Waals surface area contributed by atoms with E-state index in [4.69, 9.17) is 16.7 Å². The van der Waals surface area contributed by atoms with Crippen LogP contribution in [0.25, 0.3) is 10.9 Å². The van der Waals surface area contributed by atoms with Gasteiger partial charge in [-0.1, -0.05) is 11.6 Å². The Morgan fingerprint density at radius 1 is 1.40 bits per heavy atom. The highest BCUT2D eigenvalue weighted by atomic mass is 35.5. The third-order valence-corrected chi connectivity index (χ3v) is 2.25. The molecule has 0 aliphatic rings. The maximum atomic E-state index is 12.9. The predicted octanol–water partition coefficient (Wildman–Crippen LogP) is 2.73. The summed E-state index contributed by atoms with van der Waals surface area (Å²) in [6.07, 6.45) is 0. The van der Waals surface area contributed by atoms with Crippen LogP contribution in [0.4, 0.5) is 4.39 Å². The number of nitrogens with zero attached hydrogens (tertiary/aromatic N) is 1. The highest BCUT2D eigenvalue weighted by molar-refractivity contribution is 6.32. The molecule has 0 unspecified atom stereocenters. The third-order valence-electron chi connectivity index (χ3n) is 1.96. The second-order valence-corrected chi connectivity index (χ2v) is 3.33. The molecule has 1 aromatic heterocycles. The van der Waals surface area contributed by atoms with Crippen molar-refractivity contribution in [3.8, 4) is 0 Å². The van der Waals surface area contributed by atoms with Crippen LogP contribution >= 0.6 is 11.6 Å². The summed E-state index contributed by atoms with van der Waals surface area (Å²) in [6, 6.07) is 5.20. The Hall–Kier alpha value is -1.68. The number of rotatable bonds is 1. The summed E-state index contributed by atoms with van der Waals surface area (Å²) in [7, 11) is 0. The monoisotopic (exact) mass is 225 g/mol. The van der Waals surface area contributed by atoms with E-state index in [0.717, 1.165) is 0 Å². The average molecular weight is 226 g/mol. The number of pyridine rings is 1. The van der Waals surface area contributed by atoms with Crippen LogP contribution in [0.5, 0.6) is 0 Å². The molecule has 0 radical (unpaired) electrons. The zero-order valence-corrected chi connectivity index (χ0v) is 8.12. The van der Waals surface area contributed by atoms with Crippen LogP contribution in [0.2, 0.25) is 5.15 Å². The summed E-state index contributed by atoms with van der Waals surface area (Å²) in [5.74, 6) is -1.62. The number of carboxylic acid groups (broad SMARTS) is 1. The fourth-order valence-electron chi connectivity index (χ4n) is 1.27. The second-order valence-electron chi connectivity index (χ2n) is 2.97. The predicted molar refractivity (Wildman–Crippen MR) is 53.7 cm³/mol. The van der Waals surface area contributed by atoms with Gasteiger partial charge in [-0.15, -0.1) is 0 Å². The lowest BCUT2D eigenvalue weighted by Crippen LogP contribution is -1.99. The molecule has 5 heteroatoms. The number of aromatic carboxylic acids is 1. The number of carbonyl (C=O) groups is 1. The van der Waals surface area contributed by atoms with Crippen LogP contribution in [-0.2, 0) is 0 Å². The highest BCUT2D eigenvalue weighted by Crippen LogP contribution is 2.21. The smallest absolute Gasteiger partial charge is 0.338 e. The first-order valence-corrected chi connectivity index (χ1v) is 4.45. The van der Waals surface area contributed by atoms with Gasteiger partial charge in [-0.3, -0.25) is 0 Å². The molecule has 2 rings (SSSR count). The number of aromatic nitrogens is 1. The Balaban J connectivity index is 2.77. The zero-order chi connectivity index (χ0) is 11.0. The number of benzene rings is 1. The van der Waals surface area contributed by atoms with Crippen molar-refractivity contribution >= 4 is 28.5 Å². The molecule has 0 aliphatic heterocycles. The third kappa shape index (κ3) is 1.76. The Bertz CT molecular complexity index is 556. The number of halogens is 2. The van der Waals surface area contributed by atoms with Gasteiger partial charge in [-0.25, -0.2) is 14.2 Å². The van der Waals surface area contributed by atoms with Gasteiger partial charge in [0, 0.05) is 5.39 Å². The van der Waals surface area contributed by atoms with Crippen molar-refractivity contribution in [3.63, 3.8) is 0 Å². The molecular weight excluding hydrogens is 221 g/mol. The largest absolute Gasteiger partial charge is 0.478 e. The SMILES string of the molecule is O=C(O)c1cc2cc(F)ccc2nc1Cl. The molecule has 0 amide bonds. The van der Waals surface area contributed by atoms with E-state index in [1.54, 1.807) is 0 Å². The van der Waals surface area contributed by atoms with E-state index in [1.807, 2.05) is 0 Å². The van der Waals surface area contributed by atoms with E-state index >= 15 is 0 Å². The van der Waals surface area contributed by atoms with Crippen molar-refractivity contribution in [3.05, 3.63) is 40.8 Å². The fourth-order valence-corrected chi connectivity index (χ4v) is 1.50. The maximum Gasteiger partial charge on any atom is 0.338 e. The fraction of sp³-hybridized carbons (Fsp3) is 0. The van der Waals surface area contributed by atoms with Gasteiger partial charge in [-0.05, 0) is 24.3 Å². The topological polar surface area (TPSA) is 50.2 Å². The lowest BCUT2D eigenvalue weighted by atomic mass is 10.1. The lowest BCUT2D eigenvalue weighted by Gasteiger charge is -2.01. The van der Waals surface area contributed by atoms with Crippen LogP contribution in [-0.4, -0.2) is 16.1 Å². The molecule has 0 fully saturated rings. The first kappa shape index (κ1) is 9.86. The van der Waals surface area contributed by atoms with E-state index in [9.17, 15) is 9.18 Å². The van der Waals surface area contributed by atoms with E-state index in [-0.39, 0.29) is 10.7 Å². The van der Waals surface area contributed by atoms with Crippen molar-refractivity contribution < 1.29 is 14.3 Å². The number of hydrogen-bond acceptors (Lipinski definition) is 2. The molecule has 1 N–H and O–H groups in total. The molecule has 0 saturated heterocycles. The van der Waals surface area contributed by atoms with E-state index in [0.29, 0.717) is 10.9 Å². The summed E-state index contributed by atoms with van der Waals surface area (Å²) in [5, 5.41) is 9.09. The normalized spacial score (nSPS) is 10.5. The van der Waals surface area contributed by atoms with Gasteiger partial charge in [0.05, 0.1) is 11.1 Å². The highest BCUT2D eigenvalue weighted by Gasteiger charge is 2.11. The minimum atomic E-state index is -1.18. The summed E-state index contributed by atoms with van der Waals surface area (Å²) >= 11 is 5.65. The van der Waals surface area contributed by atoms with Gasteiger partial charge < -0.3 is 5.11 Å². The number of carboxylic acids is 1.